The van der Waals surface area contributed by atoms with E-state index < -0.39 is 24.6 Å². The quantitative estimate of drug-likeness (QED) is 0.0973. The fourth-order valence-corrected chi connectivity index (χ4v) is 10.9. The zero-order valence-corrected chi connectivity index (χ0v) is 40.3. The molecule has 5 heterocycles. The molecule has 20 heteroatoms. The molecule has 0 aliphatic carbocycles. The van der Waals surface area contributed by atoms with Crippen LogP contribution in [0.1, 0.15) is 36.8 Å². The van der Waals surface area contributed by atoms with Gasteiger partial charge in [-0.05, 0) is 97.4 Å². The number of ether oxygens (including phenoxy) is 1. The number of imide groups is 1. The van der Waals surface area contributed by atoms with E-state index in [4.69, 9.17) is 9.72 Å². The number of benzene rings is 3. The van der Waals surface area contributed by atoms with Gasteiger partial charge in [0.1, 0.15) is 24.5 Å². The summed E-state index contributed by atoms with van der Waals surface area (Å²) in [5.74, 6) is 0.322. The molecule has 0 unspecified atom stereocenters. The van der Waals surface area contributed by atoms with Crippen molar-refractivity contribution in [2.75, 3.05) is 91.6 Å². The highest BCUT2D eigenvalue weighted by Crippen LogP contribution is 2.43. The molecule has 0 spiro atoms. The molecule has 8 rings (SSSR count). The number of aliphatic hydroxyl groups is 1. The van der Waals surface area contributed by atoms with E-state index in [1.807, 2.05) is 56.3 Å². The average Bonchev–Trinajstić information content (AvgIpc) is 3.71. The van der Waals surface area contributed by atoms with Gasteiger partial charge in [-0.3, -0.25) is 24.5 Å². The average molecular weight is 987 g/mol. The van der Waals surface area contributed by atoms with Gasteiger partial charge in [0, 0.05) is 106 Å². The first-order valence-corrected chi connectivity index (χ1v) is 25.1. The highest BCUT2D eigenvalue weighted by molar-refractivity contribution is 9.10. The summed E-state index contributed by atoms with van der Waals surface area (Å²) < 4.78 is 37.1. The fourth-order valence-electron chi connectivity index (χ4n) is 8.91. The number of nitrogens with one attached hydrogen (secondary N) is 3. The van der Waals surface area contributed by atoms with Gasteiger partial charge >= 0.3 is 6.03 Å². The molecule has 4 N–H and O–H groups in total. The second-order valence-corrected chi connectivity index (χ2v) is 21.5. The fraction of sp³-hybridized carbons (Fsp3) is 0.391. The van der Waals surface area contributed by atoms with Crippen LogP contribution in [0, 0.1) is 19.7 Å². The molecule has 3 fully saturated rings. The van der Waals surface area contributed by atoms with Crippen molar-refractivity contribution in [1.82, 2.24) is 30.0 Å². The summed E-state index contributed by atoms with van der Waals surface area (Å²) in [6.07, 6.45) is 6.03. The highest BCUT2D eigenvalue weighted by Gasteiger charge is 2.37. The van der Waals surface area contributed by atoms with E-state index in [-0.39, 0.29) is 44.0 Å². The Morgan fingerprint density at radius 2 is 1.68 bits per heavy atom. The van der Waals surface area contributed by atoms with Crippen LogP contribution in [0.3, 0.4) is 0 Å². The normalized spacial score (nSPS) is 16.6. The Bertz CT molecular complexity index is 2750. The maximum atomic E-state index is 15.4. The second kappa shape index (κ2) is 18.7. The zero-order valence-electron chi connectivity index (χ0n) is 37.8. The number of amides is 4. The number of rotatable bonds is 12. The number of anilines is 7. The number of hydrogen-bond donors (Lipinski definition) is 4. The summed E-state index contributed by atoms with van der Waals surface area (Å²) in [5, 5.41) is 25.8. The standard InChI is InChI=1S/C46H54BrFN11O6P/c1-28-7-9-35(42(29(28)2)66(5,6)64)51-43-33(47)26-49-44(54-43)52-36-22-32(30-25-50-55(3)27-30)38(23-39(36)65-4)57-17-19-58(20-18-57)41(61)24-46(63)12-15-56(16-13-46)37-10-8-31(21-34(37)48)59-14-11-40(60)53-45(59)62/h7-10,21-23,25-27,63H,11-20,24H2,1-6H3,(H,53,60,62)(H2,49,51,52,54). The lowest BCUT2D eigenvalue weighted by Gasteiger charge is -2.41. The molecular weight excluding hydrogens is 932 g/mol. The molecule has 3 saturated heterocycles. The smallest absolute Gasteiger partial charge is 0.328 e. The lowest BCUT2D eigenvalue weighted by atomic mass is 9.87. The van der Waals surface area contributed by atoms with Crippen LogP contribution in [0.2, 0.25) is 0 Å². The van der Waals surface area contributed by atoms with E-state index in [9.17, 15) is 24.1 Å². The van der Waals surface area contributed by atoms with E-state index in [0.717, 1.165) is 33.2 Å². The van der Waals surface area contributed by atoms with Crippen LogP contribution in [0.4, 0.5) is 49.4 Å². The monoisotopic (exact) mass is 985 g/mol. The molecule has 5 aromatic rings. The lowest BCUT2D eigenvalue weighted by Crippen LogP contribution is -2.52. The maximum absolute atomic E-state index is 15.4. The number of aromatic nitrogens is 4. The minimum absolute atomic E-state index is 0.0423. The molecule has 0 bridgehead atoms. The molecule has 0 saturated carbocycles. The number of nitrogens with zero attached hydrogens (tertiary/aromatic N) is 8. The van der Waals surface area contributed by atoms with E-state index in [2.05, 4.69) is 46.9 Å². The van der Waals surface area contributed by atoms with Gasteiger partial charge in [0.05, 0.1) is 46.9 Å². The van der Waals surface area contributed by atoms with Gasteiger partial charge in [0.25, 0.3) is 0 Å². The summed E-state index contributed by atoms with van der Waals surface area (Å²) in [4.78, 5) is 54.1. The van der Waals surface area contributed by atoms with Gasteiger partial charge in [0.2, 0.25) is 17.8 Å². The molecule has 3 aliphatic rings. The van der Waals surface area contributed by atoms with E-state index >= 15 is 4.39 Å². The molecule has 17 nitrogen and oxygen atoms in total. The maximum Gasteiger partial charge on any atom is 0.328 e. The first kappa shape index (κ1) is 46.5. The van der Waals surface area contributed by atoms with Crippen LogP contribution in [-0.2, 0) is 21.2 Å². The molecule has 3 aliphatic heterocycles. The van der Waals surface area contributed by atoms with Crippen molar-refractivity contribution in [3.05, 3.63) is 82.5 Å². The molecule has 2 aromatic heterocycles. The van der Waals surface area contributed by atoms with Crippen molar-refractivity contribution in [2.24, 2.45) is 7.05 Å². The third-order valence-corrected chi connectivity index (χ3v) is 14.8. The van der Waals surface area contributed by atoms with Gasteiger partial charge < -0.3 is 39.7 Å². The first-order valence-electron chi connectivity index (χ1n) is 21.7. The third-order valence-electron chi connectivity index (χ3n) is 12.6. The number of halogens is 2. The van der Waals surface area contributed by atoms with E-state index in [0.29, 0.717) is 84.0 Å². The van der Waals surface area contributed by atoms with Crippen molar-refractivity contribution >= 4 is 86.4 Å². The number of piperidine rings is 1. The van der Waals surface area contributed by atoms with Crippen molar-refractivity contribution in [3.63, 3.8) is 0 Å². The summed E-state index contributed by atoms with van der Waals surface area (Å²) in [5.41, 5.74) is 5.46. The van der Waals surface area contributed by atoms with Gasteiger partial charge in [0.15, 0.2) is 0 Å². The van der Waals surface area contributed by atoms with Crippen LogP contribution < -0.4 is 40.7 Å². The topological polar surface area (TPSA) is 190 Å². The van der Waals surface area contributed by atoms with Crippen molar-refractivity contribution < 1.29 is 33.2 Å². The summed E-state index contributed by atoms with van der Waals surface area (Å²) >= 11 is 3.58. The Morgan fingerprint density at radius 1 is 0.955 bits per heavy atom. The number of carbonyl (C=O) groups is 3. The van der Waals surface area contributed by atoms with Crippen LogP contribution in [0.5, 0.6) is 5.75 Å². The summed E-state index contributed by atoms with van der Waals surface area (Å²) in [6, 6.07) is 11.8. The predicted molar refractivity (Wildman–Crippen MR) is 258 cm³/mol. The van der Waals surface area contributed by atoms with E-state index in [1.165, 1.54) is 11.0 Å². The molecule has 3 aromatic carbocycles. The molecular formula is C46H54BrFN11O6P. The number of aryl methyl sites for hydroxylation is 2. The van der Waals surface area contributed by atoms with Gasteiger partial charge in [-0.2, -0.15) is 10.1 Å². The Morgan fingerprint density at radius 3 is 2.33 bits per heavy atom. The zero-order chi connectivity index (χ0) is 47.1. The molecule has 4 amide bonds. The van der Waals surface area contributed by atoms with Crippen LogP contribution in [0.25, 0.3) is 11.1 Å². The first-order chi connectivity index (χ1) is 31.4. The Hall–Kier alpha value is -6.04. The van der Waals surface area contributed by atoms with Crippen molar-refractivity contribution in [2.45, 2.75) is 45.1 Å². The lowest BCUT2D eigenvalue weighted by molar-refractivity contribution is -0.137. The van der Waals surface area contributed by atoms with Gasteiger partial charge in [-0.15, -0.1) is 0 Å². The van der Waals surface area contributed by atoms with E-state index in [1.54, 1.807) is 54.5 Å². The Balaban J connectivity index is 0.934. The summed E-state index contributed by atoms with van der Waals surface area (Å²) in [7, 11) is 0.796. The SMILES string of the molecule is COc1cc(N2CCN(C(=O)CC3(O)CCN(c4ccc(N5CCC(=O)NC5=O)cc4F)CC3)CC2)c(-c2cnn(C)c2)cc1Nc1ncc(Br)c(Nc2ccc(C)c(C)c2P(C)(C)=O)n1. The Kier molecular flexibility index (Phi) is 13.2. The summed E-state index contributed by atoms with van der Waals surface area (Å²) in [6.45, 7) is 10.3. The van der Waals surface area contributed by atoms with Gasteiger partial charge in [-0.1, -0.05) is 6.07 Å². The molecule has 348 valence electrons. The van der Waals surface area contributed by atoms with Crippen molar-refractivity contribution in [3.8, 4) is 16.9 Å². The highest BCUT2D eigenvalue weighted by atomic mass is 79.9. The second-order valence-electron chi connectivity index (χ2n) is 17.5. The van der Waals surface area contributed by atoms with Crippen LogP contribution >= 0.6 is 23.1 Å². The number of piperazine rings is 1. The number of methoxy groups -OCH3 is 1. The van der Waals surface area contributed by atoms with Gasteiger partial charge in [-0.25, -0.2) is 14.2 Å². The molecule has 0 atom stereocenters. The van der Waals surface area contributed by atoms with Crippen LogP contribution in [-0.4, -0.2) is 119 Å². The largest absolute Gasteiger partial charge is 0.494 e. The number of carbonyl (C=O) groups excluding carboxylic acids is 3. The molecule has 0 radical (unpaired) electrons. The molecule has 66 heavy (non-hydrogen) atoms. The number of urea groups is 1. The minimum atomic E-state index is -2.66. The van der Waals surface area contributed by atoms with Crippen molar-refractivity contribution in [1.29, 1.82) is 0 Å². The number of hydrogen-bond acceptors (Lipinski definition) is 13. The van der Waals surface area contributed by atoms with Crippen LogP contribution in [0.15, 0.2) is 65.5 Å². The minimum Gasteiger partial charge on any atom is -0.494 e. The third kappa shape index (κ3) is 9.88. The Labute approximate surface area is 391 Å². The predicted octanol–water partition coefficient (Wildman–Crippen LogP) is 6.66.